The summed E-state index contributed by atoms with van der Waals surface area (Å²) in [7, 11) is 0. The molecule has 1 aliphatic rings. The van der Waals surface area contributed by atoms with Crippen molar-refractivity contribution in [1.82, 2.24) is 10.2 Å². The fourth-order valence-corrected chi connectivity index (χ4v) is 2.69. The number of aromatic amines is 1. The lowest BCUT2D eigenvalue weighted by atomic mass is 9.65. The van der Waals surface area contributed by atoms with Crippen LogP contribution in [-0.2, 0) is 5.41 Å². The van der Waals surface area contributed by atoms with Crippen molar-refractivity contribution < 1.29 is 5.11 Å². The summed E-state index contributed by atoms with van der Waals surface area (Å²) in [4.78, 5) is 0. The minimum absolute atomic E-state index is 0.112. The van der Waals surface area contributed by atoms with Crippen LogP contribution in [0, 0.1) is 0 Å². The van der Waals surface area contributed by atoms with Crippen molar-refractivity contribution in [2.45, 2.75) is 24.4 Å². The Morgan fingerprint density at radius 2 is 2.06 bits per heavy atom. The molecule has 1 heterocycles. The first-order valence-electron chi connectivity index (χ1n) is 6.23. The summed E-state index contributed by atoms with van der Waals surface area (Å²) in [5.41, 5.74) is 8.80. The number of nitrogens with one attached hydrogen (secondary N) is 1. The molecule has 0 unspecified atom stereocenters. The molecular weight excluding hydrogens is 226 g/mol. The van der Waals surface area contributed by atoms with Crippen LogP contribution in [0.3, 0.4) is 0 Å². The van der Waals surface area contributed by atoms with Crippen molar-refractivity contribution in [1.29, 1.82) is 0 Å². The molecule has 1 fully saturated rings. The first kappa shape index (κ1) is 11.4. The maximum Gasteiger partial charge on any atom is 0.0923 e. The van der Waals surface area contributed by atoms with Crippen LogP contribution >= 0.6 is 0 Å². The van der Waals surface area contributed by atoms with Crippen LogP contribution in [0.1, 0.15) is 18.5 Å². The normalized spacial score (nSPS) is 26.9. The molecule has 0 saturated heterocycles. The Bertz CT molecular complexity index is 529. The molecule has 94 valence electrons. The fraction of sp³-hybridized carbons (Fsp3) is 0.357. The van der Waals surface area contributed by atoms with Crippen molar-refractivity contribution in [3.05, 3.63) is 42.1 Å². The Balaban J connectivity index is 1.90. The number of aliphatic hydroxyl groups is 1. The molecule has 0 amide bonds. The summed E-state index contributed by atoms with van der Waals surface area (Å²) in [6.45, 7) is 0.542. The van der Waals surface area contributed by atoms with E-state index < -0.39 is 0 Å². The number of nitrogens with two attached hydrogens (primary N) is 1. The molecule has 3 rings (SSSR count). The molecule has 0 spiro atoms. The average Bonchev–Trinajstić information content (AvgIpc) is 2.85. The van der Waals surface area contributed by atoms with Crippen LogP contribution in [0.4, 0.5) is 0 Å². The van der Waals surface area contributed by atoms with Gasteiger partial charge in [0.2, 0.25) is 0 Å². The molecule has 2 aromatic rings. The van der Waals surface area contributed by atoms with Gasteiger partial charge in [0, 0.05) is 23.2 Å². The summed E-state index contributed by atoms with van der Waals surface area (Å²) in [6.07, 6.45) is 1.22. The van der Waals surface area contributed by atoms with Crippen molar-refractivity contribution in [3.63, 3.8) is 0 Å². The molecule has 1 aromatic carbocycles. The van der Waals surface area contributed by atoms with Crippen LogP contribution in [0.15, 0.2) is 36.4 Å². The van der Waals surface area contributed by atoms with E-state index in [1.165, 1.54) is 0 Å². The number of rotatable bonds is 3. The van der Waals surface area contributed by atoms with Crippen molar-refractivity contribution >= 4 is 0 Å². The van der Waals surface area contributed by atoms with E-state index in [9.17, 15) is 5.11 Å². The van der Waals surface area contributed by atoms with Crippen molar-refractivity contribution in [2.75, 3.05) is 6.54 Å². The third-order valence-corrected chi connectivity index (χ3v) is 3.86. The van der Waals surface area contributed by atoms with Gasteiger partial charge in [0.15, 0.2) is 0 Å². The second-order valence-electron chi connectivity index (χ2n) is 5.08. The first-order chi connectivity index (χ1) is 8.73. The lowest BCUT2D eigenvalue weighted by Gasteiger charge is -2.43. The number of H-pyrrole nitrogens is 1. The van der Waals surface area contributed by atoms with Crippen molar-refractivity contribution in [3.8, 4) is 11.3 Å². The van der Waals surface area contributed by atoms with Crippen LogP contribution in [-0.4, -0.2) is 28.0 Å². The Hall–Kier alpha value is -1.65. The lowest BCUT2D eigenvalue weighted by Crippen LogP contribution is -2.50. The van der Waals surface area contributed by atoms with E-state index in [1.54, 1.807) is 0 Å². The minimum Gasteiger partial charge on any atom is -0.393 e. The minimum atomic E-state index is -0.225. The lowest BCUT2D eigenvalue weighted by molar-refractivity contribution is 0.0200. The second-order valence-corrected chi connectivity index (χ2v) is 5.08. The molecule has 0 bridgehead atoms. The van der Waals surface area contributed by atoms with E-state index in [0.29, 0.717) is 6.54 Å². The molecule has 0 atom stereocenters. The van der Waals surface area contributed by atoms with Gasteiger partial charge in [-0.15, -0.1) is 0 Å². The highest BCUT2D eigenvalue weighted by molar-refractivity contribution is 5.59. The number of aliphatic hydroxyl groups excluding tert-OH is 1. The molecule has 0 radical (unpaired) electrons. The fourth-order valence-electron chi connectivity index (χ4n) is 2.69. The maximum atomic E-state index is 9.51. The number of aromatic nitrogens is 2. The van der Waals surface area contributed by atoms with E-state index in [1.807, 2.05) is 36.4 Å². The number of benzene rings is 1. The molecular formula is C14H17N3O. The van der Waals surface area contributed by atoms with Gasteiger partial charge in [-0.3, -0.25) is 5.10 Å². The molecule has 4 N–H and O–H groups in total. The van der Waals surface area contributed by atoms with Gasteiger partial charge >= 0.3 is 0 Å². The molecule has 4 nitrogen and oxygen atoms in total. The smallest absolute Gasteiger partial charge is 0.0923 e. The highest BCUT2D eigenvalue weighted by Gasteiger charge is 2.45. The van der Waals surface area contributed by atoms with E-state index >= 15 is 0 Å². The van der Waals surface area contributed by atoms with Gasteiger partial charge in [0.05, 0.1) is 11.8 Å². The van der Waals surface area contributed by atoms with Gasteiger partial charge in [-0.1, -0.05) is 30.3 Å². The molecule has 0 aliphatic heterocycles. The average molecular weight is 243 g/mol. The van der Waals surface area contributed by atoms with Gasteiger partial charge in [-0.2, -0.15) is 5.10 Å². The number of hydrogen-bond donors (Lipinski definition) is 3. The van der Waals surface area contributed by atoms with Gasteiger partial charge in [0.1, 0.15) is 0 Å². The van der Waals surface area contributed by atoms with Gasteiger partial charge in [-0.25, -0.2) is 0 Å². The van der Waals surface area contributed by atoms with E-state index in [4.69, 9.17) is 5.73 Å². The number of hydrogen-bond acceptors (Lipinski definition) is 3. The standard InChI is InChI=1S/C14H17N3O/c15-9-14(7-11(18)8-14)13-6-12(16-17-13)10-4-2-1-3-5-10/h1-6,11,18H,7-9,15H2,(H,16,17). The van der Waals surface area contributed by atoms with E-state index in [-0.39, 0.29) is 11.5 Å². The number of nitrogens with zero attached hydrogens (tertiary/aromatic N) is 1. The van der Waals surface area contributed by atoms with Gasteiger partial charge in [-0.05, 0) is 18.9 Å². The molecule has 18 heavy (non-hydrogen) atoms. The molecule has 1 aromatic heterocycles. The molecule has 1 saturated carbocycles. The second kappa shape index (κ2) is 4.23. The zero-order valence-electron chi connectivity index (χ0n) is 10.1. The first-order valence-corrected chi connectivity index (χ1v) is 6.23. The van der Waals surface area contributed by atoms with Gasteiger partial charge in [0.25, 0.3) is 0 Å². The summed E-state index contributed by atoms with van der Waals surface area (Å²) in [5, 5.41) is 16.9. The van der Waals surface area contributed by atoms with Crippen molar-refractivity contribution in [2.24, 2.45) is 5.73 Å². The monoisotopic (exact) mass is 243 g/mol. The Labute approximate surface area is 106 Å². The summed E-state index contributed by atoms with van der Waals surface area (Å²) in [5.74, 6) is 0. The quantitative estimate of drug-likeness (QED) is 0.763. The van der Waals surface area contributed by atoms with Crippen LogP contribution in [0.5, 0.6) is 0 Å². The molecule has 4 heteroatoms. The van der Waals surface area contributed by atoms with E-state index in [0.717, 1.165) is 29.8 Å². The topological polar surface area (TPSA) is 74.9 Å². The Kier molecular flexibility index (Phi) is 2.69. The maximum absolute atomic E-state index is 9.51. The van der Waals surface area contributed by atoms with E-state index in [2.05, 4.69) is 10.2 Å². The highest BCUT2D eigenvalue weighted by Crippen LogP contribution is 2.42. The van der Waals surface area contributed by atoms with Gasteiger partial charge < -0.3 is 10.8 Å². The van der Waals surface area contributed by atoms with Crippen LogP contribution < -0.4 is 5.73 Å². The largest absolute Gasteiger partial charge is 0.393 e. The molecule has 1 aliphatic carbocycles. The predicted octanol–water partition coefficient (Wildman–Crippen LogP) is 1.43. The highest BCUT2D eigenvalue weighted by atomic mass is 16.3. The Morgan fingerprint density at radius 1 is 1.33 bits per heavy atom. The third-order valence-electron chi connectivity index (χ3n) is 3.86. The third kappa shape index (κ3) is 1.74. The Morgan fingerprint density at radius 3 is 2.67 bits per heavy atom. The zero-order chi connectivity index (χ0) is 12.6. The predicted molar refractivity (Wildman–Crippen MR) is 70.0 cm³/mol. The summed E-state index contributed by atoms with van der Waals surface area (Å²) in [6, 6.07) is 12.1. The SMILES string of the molecule is NCC1(c2cc(-c3ccccc3)n[nH]2)CC(O)C1. The summed E-state index contributed by atoms with van der Waals surface area (Å²) < 4.78 is 0. The van der Waals surface area contributed by atoms with Crippen LogP contribution in [0.25, 0.3) is 11.3 Å². The zero-order valence-corrected chi connectivity index (χ0v) is 10.1. The summed E-state index contributed by atoms with van der Waals surface area (Å²) >= 11 is 0. The van der Waals surface area contributed by atoms with Crippen LogP contribution in [0.2, 0.25) is 0 Å².